The number of rotatable bonds is 5. The Morgan fingerprint density at radius 1 is 1.12 bits per heavy atom. The standard InChI is InChI=1S/C25H24N2O4S/c28-20-12-22(27(13-20)24(29)19-10-9-16-7-4-8-18(16)11-19)25(30)31-14-23-26-21(15-32-23)17-5-2-1-3-6-17/h1-3,5-6,9-11,15,20,22,28H,4,7-8,12-14H2. The molecular weight excluding hydrogens is 424 g/mol. The Bertz CT molecular complexity index is 1140. The lowest BCUT2D eigenvalue weighted by Gasteiger charge is -2.23. The number of carbonyl (C=O) groups excluding carboxylic acids is 2. The van der Waals surface area contributed by atoms with Gasteiger partial charge in [-0.15, -0.1) is 11.3 Å². The number of likely N-dealkylation sites (tertiary alicyclic amines) is 1. The van der Waals surface area contributed by atoms with Crippen molar-refractivity contribution in [1.29, 1.82) is 0 Å². The van der Waals surface area contributed by atoms with Crippen LogP contribution in [0.25, 0.3) is 11.3 Å². The maximum atomic E-state index is 13.1. The lowest BCUT2D eigenvalue weighted by molar-refractivity contribution is -0.149. The van der Waals surface area contributed by atoms with Gasteiger partial charge in [0.05, 0.1) is 11.8 Å². The number of fused-ring (bicyclic) bond motifs is 1. The lowest BCUT2D eigenvalue weighted by Crippen LogP contribution is -2.41. The van der Waals surface area contributed by atoms with Crippen molar-refractivity contribution in [3.63, 3.8) is 0 Å². The van der Waals surface area contributed by atoms with Crippen molar-refractivity contribution in [2.24, 2.45) is 0 Å². The minimum atomic E-state index is -0.792. The minimum absolute atomic E-state index is 0.0454. The van der Waals surface area contributed by atoms with Gasteiger partial charge in [0.25, 0.3) is 5.91 Å². The Balaban J connectivity index is 1.25. The molecule has 1 fully saturated rings. The Morgan fingerprint density at radius 3 is 2.78 bits per heavy atom. The van der Waals surface area contributed by atoms with Crippen LogP contribution >= 0.6 is 11.3 Å². The highest BCUT2D eigenvalue weighted by molar-refractivity contribution is 7.09. The molecule has 0 saturated carbocycles. The van der Waals surface area contributed by atoms with E-state index in [0.717, 1.165) is 30.5 Å². The summed E-state index contributed by atoms with van der Waals surface area (Å²) in [6.07, 6.45) is 2.57. The van der Waals surface area contributed by atoms with E-state index in [1.165, 1.54) is 27.4 Å². The van der Waals surface area contributed by atoms with Crippen LogP contribution in [-0.4, -0.2) is 45.6 Å². The van der Waals surface area contributed by atoms with E-state index in [1.807, 2.05) is 53.9 Å². The van der Waals surface area contributed by atoms with Crippen LogP contribution in [0, 0.1) is 0 Å². The second-order valence-electron chi connectivity index (χ2n) is 8.30. The lowest BCUT2D eigenvalue weighted by atomic mass is 10.1. The van der Waals surface area contributed by atoms with E-state index in [2.05, 4.69) is 4.98 Å². The zero-order chi connectivity index (χ0) is 22.1. The molecule has 6 nitrogen and oxygen atoms in total. The van der Waals surface area contributed by atoms with E-state index in [0.29, 0.717) is 10.6 Å². The largest absolute Gasteiger partial charge is 0.457 e. The molecule has 1 aliphatic heterocycles. The third-order valence-electron chi connectivity index (χ3n) is 6.12. The van der Waals surface area contributed by atoms with Gasteiger partial charge in [-0.05, 0) is 42.5 Å². The van der Waals surface area contributed by atoms with E-state index in [-0.39, 0.29) is 25.5 Å². The molecule has 164 valence electrons. The van der Waals surface area contributed by atoms with Gasteiger partial charge >= 0.3 is 5.97 Å². The van der Waals surface area contributed by atoms with E-state index < -0.39 is 18.1 Å². The summed E-state index contributed by atoms with van der Waals surface area (Å²) in [6.45, 7) is 0.175. The first-order chi connectivity index (χ1) is 15.6. The number of hydrogen-bond donors (Lipinski definition) is 1. The first kappa shape index (κ1) is 20.8. The fourth-order valence-electron chi connectivity index (χ4n) is 4.48. The minimum Gasteiger partial charge on any atom is -0.457 e. The van der Waals surface area contributed by atoms with E-state index >= 15 is 0 Å². The Labute approximate surface area is 190 Å². The van der Waals surface area contributed by atoms with Crippen molar-refractivity contribution in [1.82, 2.24) is 9.88 Å². The van der Waals surface area contributed by atoms with Crippen LogP contribution in [0.3, 0.4) is 0 Å². The van der Waals surface area contributed by atoms with Crippen molar-refractivity contribution in [3.05, 3.63) is 75.6 Å². The Hall–Kier alpha value is -3.03. The fraction of sp³-hybridized carbons (Fsp3) is 0.320. The molecule has 2 unspecified atom stereocenters. The molecule has 2 aromatic carbocycles. The highest BCUT2D eigenvalue weighted by Crippen LogP contribution is 2.27. The second kappa shape index (κ2) is 8.84. The van der Waals surface area contributed by atoms with Gasteiger partial charge in [-0.1, -0.05) is 36.4 Å². The second-order valence-corrected chi connectivity index (χ2v) is 9.24. The molecule has 3 aromatic rings. The van der Waals surface area contributed by atoms with Gasteiger partial charge in [-0.3, -0.25) is 4.79 Å². The Morgan fingerprint density at radius 2 is 1.94 bits per heavy atom. The molecule has 1 aliphatic carbocycles. The smallest absolute Gasteiger partial charge is 0.329 e. The van der Waals surface area contributed by atoms with Gasteiger partial charge in [-0.2, -0.15) is 0 Å². The molecule has 1 N–H and O–H groups in total. The van der Waals surface area contributed by atoms with Crippen LogP contribution in [0.2, 0.25) is 0 Å². The van der Waals surface area contributed by atoms with E-state index in [1.54, 1.807) is 0 Å². The number of ether oxygens (including phenoxy) is 1. The summed E-state index contributed by atoms with van der Waals surface area (Å²) in [5.41, 5.74) is 4.90. The van der Waals surface area contributed by atoms with Crippen LogP contribution in [-0.2, 0) is 29.0 Å². The summed E-state index contributed by atoms with van der Waals surface area (Å²) in [5.74, 6) is -0.744. The summed E-state index contributed by atoms with van der Waals surface area (Å²) in [5, 5.41) is 12.8. The predicted molar refractivity (Wildman–Crippen MR) is 121 cm³/mol. The molecule has 1 amide bonds. The van der Waals surface area contributed by atoms with Gasteiger partial charge in [0.1, 0.15) is 17.7 Å². The SMILES string of the molecule is O=C(OCc1nc(-c2ccccc2)cs1)C1CC(O)CN1C(=O)c1ccc2c(c1)CCC2. The van der Waals surface area contributed by atoms with E-state index in [9.17, 15) is 14.7 Å². The molecule has 0 spiro atoms. The van der Waals surface area contributed by atoms with Crippen molar-refractivity contribution < 1.29 is 19.4 Å². The molecule has 2 atom stereocenters. The highest BCUT2D eigenvalue weighted by Gasteiger charge is 2.40. The van der Waals surface area contributed by atoms with E-state index in [4.69, 9.17) is 4.74 Å². The molecule has 1 aromatic heterocycles. The molecule has 0 radical (unpaired) electrons. The first-order valence-electron chi connectivity index (χ1n) is 10.9. The number of hydrogen-bond acceptors (Lipinski definition) is 6. The average molecular weight is 449 g/mol. The third-order valence-corrected chi connectivity index (χ3v) is 6.94. The topological polar surface area (TPSA) is 79.7 Å². The van der Waals surface area contributed by atoms with Crippen LogP contribution < -0.4 is 0 Å². The molecule has 0 bridgehead atoms. The average Bonchev–Trinajstić information content (AvgIpc) is 3.56. The van der Waals surface area contributed by atoms with Crippen molar-refractivity contribution >= 4 is 23.2 Å². The fourth-order valence-corrected chi connectivity index (χ4v) is 5.19. The van der Waals surface area contributed by atoms with Gasteiger partial charge < -0.3 is 14.7 Å². The number of esters is 1. The molecule has 7 heteroatoms. The summed E-state index contributed by atoms with van der Waals surface area (Å²) < 4.78 is 5.50. The zero-order valence-electron chi connectivity index (χ0n) is 17.6. The van der Waals surface area contributed by atoms with Crippen LogP contribution in [0.15, 0.2) is 53.9 Å². The number of carbonyl (C=O) groups is 2. The van der Waals surface area contributed by atoms with Crippen molar-refractivity contribution in [2.45, 2.75) is 44.4 Å². The van der Waals surface area contributed by atoms with Crippen molar-refractivity contribution in [3.8, 4) is 11.3 Å². The third kappa shape index (κ3) is 4.18. The van der Waals surface area contributed by atoms with Gasteiger partial charge in [0.15, 0.2) is 0 Å². The van der Waals surface area contributed by atoms with Gasteiger partial charge in [0, 0.05) is 29.5 Å². The zero-order valence-corrected chi connectivity index (χ0v) is 18.4. The number of aliphatic hydroxyl groups is 1. The highest BCUT2D eigenvalue weighted by atomic mass is 32.1. The number of aromatic nitrogens is 1. The normalized spacial score (nSPS) is 19.7. The Kier molecular flexibility index (Phi) is 5.76. The molecule has 32 heavy (non-hydrogen) atoms. The number of amides is 1. The van der Waals surface area contributed by atoms with Gasteiger partial charge in [0.2, 0.25) is 0 Å². The van der Waals surface area contributed by atoms with Gasteiger partial charge in [-0.25, -0.2) is 9.78 Å². The molecule has 1 saturated heterocycles. The first-order valence-corrected chi connectivity index (χ1v) is 11.7. The molecule has 5 rings (SSSR count). The summed E-state index contributed by atoms with van der Waals surface area (Å²) in [6, 6.07) is 14.8. The monoisotopic (exact) mass is 448 g/mol. The van der Waals surface area contributed by atoms with Crippen LogP contribution in [0.4, 0.5) is 0 Å². The molecular formula is C25H24N2O4S. The van der Waals surface area contributed by atoms with Crippen LogP contribution in [0.5, 0.6) is 0 Å². The maximum Gasteiger partial charge on any atom is 0.329 e. The maximum absolute atomic E-state index is 13.1. The summed E-state index contributed by atoms with van der Waals surface area (Å²) in [7, 11) is 0. The number of thiazole rings is 1. The molecule has 2 heterocycles. The predicted octanol–water partition coefficient (Wildman–Crippen LogP) is 3.62. The number of β-amino-alcohol motifs (C(OH)–C–C–N with tert-alkyl or cyclic N) is 1. The number of benzene rings is 2. The number of nitrogens with zero attached hydrogens (tertiary/aromatic N) is 2. The molecule has 2 aliphatic rings. The number of aryl methyl sites for hydroxylation is 2. The summed E-state index contributed by atoms with van der Waals surface area (Å²) >= 11 is 1.43. The number of aliphatic hydroxyl groups excluding tert-OH is 1. The van der Waals surface area contributed by atoms with Crippen molar-refractivity contribution in [2.75, 3.05) is 6.54 Å². The quantitative estimate of drug-likeness (QED) is 0.603. The van der Waals surface area contributed by atoms with Crippen LogP contribution in [0.1, 0.15) is 39.3 Å². The summed E-state index contributed by atoms with van der Waals surface area (Å²) in [4.78, 5) is 31.9.